The monoisotopic (exact) mass is 262 g/mol. The molecular weight excluding hydrogens is 240 g/mol. The lowest BCUT2D eigenvalue weighted by Gasteiger charge is -2.37. The number of hydrogen-bond donors (Lipinski definition) is 1. The Balaban J connectivity index is 2.32. The average molecular weight is 262 g/mol. The lowest BCUT2D eigenvalue weighted by molar-refractivity contribution is -0.163. The van der Waals surface area contributed by atoms with E-state index in [9.17, 15) is 4.79 Å². The average Bonchev–Trinajstić information content (AvgIpc) is 2.38. The van der Waals surface area contributed by atoms with Crippen molar-refractivity contribution in [2.45, 2.75) is 44.6 Å². The Bertz CT molecular complexity index is 431. The number of ether oxygens (including phenoxy) is 1. The number of carbonyl (C=O) groups is 1. The minimum atomic E-state index is -0.597. The first-order valence-electron chi connectivity index (χ1n) is 6.80. The lowest BCUT2D eigenvalue weighted by atomic mass is 9.75. The minimum Gasteiger partial charge on any atom is -0.459 e. The smallest absolute Gasteiger partial charge is 0.318 e. The van der Waals surface area contributed by atoms with Gasteiger partial charge in [0.05, 0.1) is 5.69 Å². The summed E-state index contributed by atoms with van der Waals surface area (Å²) in [6.07, 6.45) is 3.21. The summed E-state index contributed by atoms with van der Waals surface area (Å²) < 4.78 is 5.63. The van der Waals surface area contributed by atoms with E-state index in [2.05, 4.69) is 10.3 Å². The number of nitrogens with zero attached hydrogens (tertiary/aromatic N) is 1. The van der Waals surface area contributed by atoms with Crippen LogP contribution in [0.15, 0.2) is 24.4 Å². The highest BCUT2D eigenvalue weighted by Crippen LogP contribution is 2.34. The summed E-state index contributed by atoms with van der Waals surface area (Å²) in [5.41, 5.74) is -0.241. The molecular formula is C15H22N2O2. The maximum atomic E-state index is 12.6. The summed E-state index contributed by atoms with van der Waals surface area (Å²) in [5, 5.41) is 3.29. The molecule has 1 N–H and O–H groups in total. The highest BCUT2D eigenvalue weighted by atomic mass is 16.6. The molecule has 1 aromatic rings. The van der Waals surface area contributed by atoms with E-state index in [4.69, 9.17) is 4.74 Å². The fraction of sp³-hybridized carbons (Fsp3) is 0.600. The second-order valence-corrected chi connectivity index (χ2v) is 6.05. The molecule has 4 nitrogen and oxygen atoms in total. The maximum Gasteiger partial charge on any atom is 0.318 e. The molecule has 0 atom stereocenters. The van der Waals surface area contributed by atoms with Gasteiger partial charge >= 0.3 is 5.97 Å². The van der Waals surface area contributed by atoms with Crippen LogP contribution in [0.25, 0.3) is 0 Å². The van der Waals surface area contributed by atoms with Gasteiger partial charge in [0.1, 0.15) is 11.0 Å². The standard InChI is InChI=1S/C15H22N2O2/c1-14(2,3)19-13(18)15(7-10-16-11-8-15)12-6-4-5-9-17-12/h4-6,9,16H,7-8,10-11H2,1-3H3. The first-order valence-corrected chi connectivity index (χ1v) is 6.80. The second kappa shape index (κ2) is 5.29. The zero-order valence-corrected chi connectivity index (χ0v) is 11.9. The van der Waals surface area contributed by atoms with Gasteiger partial charge in [0.25, 0.3) is 0 Å². The Kier molecular flexibility index (Phi) is 3.90. The predicted octanol–water partition coefficient (Wildman–Crippen LogP) is 2.04. The zero-order chi connectivity index (χ0) is 13.9. The van der Waals surface area contributed by atoms with E-state index in [0.717, 1.165) is 31.6 Å². The van der Waals surface area contributed by atoms with Crippen LogP contribution in [0.5, 0.6) is 0 Å². The first kappa shape index (κ1) is 14.0. The Morgan fingerprint density at radius 2 is 2.00 bits per heavy atom. The van der Waals surface area contributed by atoms with Crippen molar-refractivity contribution in [1.82, 2.24) is 10.3 Å². The maximum absolute atomic E-state index is 12.6. The molecule has 0 spiro atoms. The van der Waals surface area contributed by atoms with Crippen molar-refractivity contribution < 1.29 is 9.53 Å². The molecule has 0 radical (unpaired) electrons. The minimum absolute atomic E-state index is 0.153. The van der Waals surface area contributed by atoms with E-state index in [1.165, 1.54) is 0 Å². The molecule has 2 rings (SSSR count). The Morgan fingerprint density at radius 1 is 1.32 bits per heavy atom. The molecule has 0 amide bonds. The second-order valence-electron chi connectivity index (χ2n) is 6.05. The van der Waals surface area contributed by atoms with Gasteiger partial charge in [0.15, 0.2) is 0 Å². The molecule has 4 heteroatoms. The van der Waals surface area contributed by atoms with E-state index in [1.807, 2.05) is 39.0 Å². The number of aromatic nitrogens is 1. The van der Waals surface area contributed by atoms with Crippen molar-refractivity contribution in [2.75, 3.05) is 13.1 Å². The van der Waals surface area contributed by atoms with Gasteiger partial charge in [-0.3, -0.25) is 9.78 Å². The van der Waals surface area contributed by atoms with Gasteiger partial charge in [0.2, 0.25) is 0 Å². The van der Waals surface area contributed by atoms with Gasteiger partial charge in [-0.15, -0.1) is 0 Å². The number of carbonyl (C=O) groups excluding carboxylic acids is 1. The molecule has 1 aromatic heterocycles. The normalized spacial score (nSPS) is 18.9. The molecule has 1 aliphatic rings. The summed E-state index contributed by atoms with van der Waals surface area (Å²) in [6, 6.07) is 5.72. The largest absolute Gasteiger partial charge is 0.459 e. The summed E-state index contributed by atoms with van der Waals surface area (Å²) in [5.74, 6) is -0.153. The molecule has 1 aliphatic heterocycles. The number of esters is 1. The molecule has 0 bridgehead atoms. The summed E-state index contributed by atoms with van der Waals surface area (Å²) in [6.45, 7) is 7.33. The molecule has 0 saturated carbocycles. The van der Waals surface area contributed by atoms with E-state index < -0.39 is 11.0 Å². The summed E-state index contributed by atoms with van der Waals surface area (Å²) in [7, 11) is 0. The third-order valence-corrected chi connectivity index (χ3v) is 3.40. The highest BCUT2D eigenvalue weighted by Gasteiger charge is 2.45. The third-order valence-electron chi connectivity index (χ3n) is 3.40. The van der Waals surface area contributed by atoms with Crippen LogP contribution >= 0.6 is 0 Å². The van der Waals surface area contributed by atoms with Crippen molar-refractivity contribution in [3.8, 4) is 0 Å². The van der Waals surface area contributed by atoms with Crippen LogP contribution in [0, 0.1) is 0 Å². The lowest BCUT2D eigenvalue weighted by Crippen LogP contribution is -2.48. The number of piperidine rings is 1. The molecule has 1 saturated heterocycles. The zero-order valence-electron chi connectivity index (χ0n) is 11.9. The van der Waals surface area contributed by atoms with Gasteiger partial charge in [-0.25, -0.2) is 0 Å². The number of pyridine rings is 1. The van der Waals surface area contributed by atoms with Crippen molar-refractivity contribution >= 4 is 5.97 Å². The first-order chi connectivity index (χ1) is 8.94. The van der Waals surface area contributed by atoms with Crippen molar-refractivity contribution in [2.24, 2.45) is 0 Å². The molecule has 0 aliphatic carbocycles. The van der Waals surface area contributed by atoms with Crippen LogP contribution in [0.1, 0.15) is 39.3 Å². The third kappa shape index (κ3) is 3.13. The van der Waals surface area contributed by atoms with Gasteiger partial charge in [-0.05, 0) is 58.8 Å². The van der Waals surface area contributed by atoms with Crippen LogP contribution in [0.3, 0.4) is 0 Å². The van der Waals surface area contributed by atoms with E-state index in [0.29, 0.717) is 0 Å². The van der Waals surface area contributed by atoms with E-state index in [1.54, 1.807) is 6.20 Å². The summed E-state index contributed by atoms with van der Waals surface area (Å²) >= 11 is 0. The molecule has 0 unspecified atom stereocenters. The number of nitrogens with one attached hydrogen (secondary N) is 1. The quantitative estimate of drug-likeness (QED) is 0.829. The van der Waals surface area contributed by atoms with Crippen molar-refractivity contribution in [3.63, 3.8) is 0 Å². The Hall–Kier alpha value is -1.42. The van der Waals surface area contributed by atoms with Crippen LogP contribution in [-0.4, -0.2) is 29.6 Å². The van der Waals surface area contributed by atoms with Crippen LogP contribution < -0.4 is 5.32 Å². The molecule has 0 aromatic carbocycles. The Morgan fingerprint density at radius 3 is 2.53 bits per heavy atom. The predicted molar refractivity (Wildman–Crippen MR) is 73.9 cm³/mol. The van der Waals surface area contributed by atoms with Gasteiger partial charge in [0, 0.05) is 6.20 Å². The van der Waals surface area contributed by atoms with Gasteiger partial charge < -0.3 is 10.1 Å². The Labute approximate surface area is 114 Å². The van der Waals surface area contributed by atoms with Gasteiger partial charge in [-0.2, -0.15) is 0 Å². The van der Waals surface area contributed by atoms with Gasteiger partial charge in [-0.1, -0.05) is 6.07 Å². The number of hydrogen-bond acceptors (Lipinski definition) is 4. The van der Waals surface area contributed by atoms with Crippen LogP contribution in [0.4, 0.5) is 0 Å². The topological polar surface area (TPSA) is 51.2 Å². The van der Waals surface area contributed by atoms with Crippen molar-refractivity contribution in [3.05, 3.63) is 30.1 Å². The SMILES string of the molecule is CC(C)(C)OC(=O)C1(c2ccccn2)CCNCC1. The molecule has 2 heterocycles. The molecule has 104 valence electrons. The van der Waals surface area contributed by atoms with E-state index >= 15 is 0 Å². The fourth-order valence-electron chi connectivity index (χ4n) is 2.44. The van der Waals surface area contributed by atoms with Crippen LogP contribution in [-0.2, 0) is 14.9 Å². The van der Waals surface area contributed by atoms with E-state index in [-0.39, 0.29) is 5.97 Å². The van der Waals surface area contributed by atoms with Crippen LogP contribution in [0.2, 0.25) is 0 Å². The highest BCUT2D eigenvalue weighted by molar-refractivity contribution is 5.83. The molecule has 1 fully saturated rings. The van der Waals surface area contributed by atoms with Crippen molar-refractivity contribution in [1.29, 1.82) is 0 Å². The fourth-order valence-corrected chi connectivity index (χ4v) is 2.44. The number of rotatable bonds is 2. The summed E-state index contributed by atoms with van der Waals surface area (Å²) in [4.78, 5) is 17.0. The molecule has 19 heavy (non-hydrogen) atoms.